The highest BCUT2D eigenvalue weighted by Gasteiger charge is 2.19. The van der Waals surface area contributed by atoms with E-state index in [1.54, 1.807) is 25.9 Å². The van der Waals surface area contributed by atoms with Gasteiger partial charge in [0.2, 0.25) is 0 Å². The Morgan fingerprint density at radius 1 is 1.38 bits per heavy atom. The van der Waals surface area contributed by atoms with Crippen molar-refractivity contribution in [3.63, 3.8) is 0 Å². The smallest absolute Gasteiger partial charge is 0.308 e. The van der Waals surface area contributed by atoms with Crippen LogP contribution < -0.4 is 0 Å². The third-order valence-electron chi connectivity index (χ3n) is 1.96. The molecule has 0 spiro atoms. The molecule has 0 aliphatic heterocycles. The summed E-state index contributed by atoms with van der Waals surface area (Å²) < 4.78 is 4.52. The quantitative estimate of drug-likeness (QED) is 0.365. The number of nitrogens with zero attached hydrogens (tertiary/aromatic N) is 1. The van der Waals surface area contributed by atoms with Gasteiger partial charge in [0.05, 0.1) is 18.7 Å². The van der Waals surface area contributed by atoms with Gasteiger partial charge < -0.3 is 9.64 Å². The lowest BCUT2D eigenvalue weighted by atomic mass is 10.0. The minimum atomic E-state index is -0.413. The van der Waals surface area contributed by atoms with Crippen molar-refractivity contribution in [2.45, 2.75) is 13.3 Å². The number of hydrogen-bond acceptors (Lipinski definition) is 4. The molecule has 6 heteroatoms. The third kappa shape index (κ3) is 7.42. The highest BCUT2D eigenvalue weighted by atomic mass is 128. The Morgan fingerprint density at radius 3 is 2.12 bits per heavy atom. The van der Waals surface area contributed by atoms with Crippen LogP contribution in [0.4, 0.5) is 0 Å². The molecule has 0 radical (unpaired) electrons. The molecule has 4 nitrogen and oxygen atoms in total. The second-order valence-electron chi connectivity index (χ2n) is 3.39. The highest BCUT2D eigenvalue weighted by Crippen LogP contribution is 2.09. The number of methoxy groups -OCH3 is 1. The van der Waals surface area contributed by atoms with Crippen LogP contribution in [0.2, 0.25) is 0 Å². The Kier molecular flexibility index (Phi) is 11.9. The summed E-state index contributed by atoms with van der Waals surface area (Å²) in [6, 6.07) is 0. The molecule has 0 aromatic carbocycles. The van der Waals surface area contributed by atoms with Crippen molar-refractivity contribution in [1.29, 1.82) is 0 Å². The second kappa shape index (κ2) is 10.3. The minimum absolute atomic E-state index is 0.132. The molecule has 0 saturated heterocycles. The van der Waals surface area contributed by atoms with E-state index in [0.717, 1.165) is 0 Å². The Balaban J connectivity index is 0. The van der Waals surface area contributed by atoms with Crippen molar-refractivity contribution in [3.8, 4) is 0 Å². The van der Waals surface area contributed by atoms with Gasteiger partial charge in [0, 0.05) is 57.7 Å². The number of hydrogen-bond donors (Lipinski definition) is 0. The van der Waals surface area contributed by atoms with Gasteiger partial charge in [0.25, 0.3) is 0 Å². The van der Waals surface area contributed by atoms with E-state index in [2.05, 4.69) is 48.5 Å². The zero-order valence-corrected chi connectivity index (χ0v) is 14.2. The molecule has 16 heavy (non-hydrogen) atoms. The van der Waals surface area contributed by atoms with Gasteiger partial charge in [-0.05, 0) is 0 Å². The van der Waals surface area contributed by atoms with Gasteiger partial charge in [-0.1, -0.05) is 13.5 Å². The number of Topliss-reactive ketones (excluding diaryl/α,β-unsaturated/α-hetero) is 1. The normalized spacial score (nSPS) is 10.6. The lowest BCUT2D eigenvalue weighted by molar-refractivity contribution is -0.146. The standard InChI is InChI=1S/C10H17NO3.I2/c1-7(10(13)14-5)6-9(12)8(2)11(3)4;1-2/h7H,2,6H2,1,3-5H3;/t7-;/m0./s1. The molecule has 0 aliphatic carbocycles. The molecule has 94 valence electrons. The first-order valence-electron chi connectivity index (χ1n) is 4.51. The van der Waals surface area contributed by atoms with Gasteiger partial charge in [0.15, 0.2) is 5.78 Å². The number of halogens is 2. The molecule has 0 bridgehead atoms. The molecule has 0 aromatic heterocycles. The van der Waals surface area contributed by atoms with E-state index in [1.807, 2.05) is 0 Å². The number of likely N-dealkylation sites (N-methyl/N-ethyl adjacent to an activating group) is 1. The molecule has 0 amide bonds. The maximum absolute atomic E-state index is 11.5. The fourth-order valence-corrected chi connectivity index (χ4v) is 0.930. The van der Waals surface area contributed by atoms with Crippen LogP contribution in [0.5, 0.6) is 0 Å². The molecule has 0 aromatic rings. The van der Waals surface area contributed by atoms with Crippen LogP contribution in [-0.4, -0.2) is 37.9 Å². The maximum atomic E-state index is 11.5. The number of esters is 1. The number of carbonyl (C=O) groups excluding carboxylic acids is 2. The first kappa shape index (κ1) is 18.5. The Hall–Kier alpha value is 0.140. The van der Waals surface area contributed by atoms with Crippen LogP contribution >= 0.6 is 37.2 Å². The number of rotatable bonds is 5. The van der Waals surface area contributed by atoms with E-state index in [1.165, 1.54) is 7.11 Å². The number of carbonyl (C=O) groups is 2. The van der Waals surface area contributed by atoms with Crippen molar-refractivity contribution < 1.29 is 14.3 Å². The van der Waals surface area contributed by atoms with E-state index < -0.39 is 5.92 Å². The van der Waals surface area contributed by atoms with Gasteiger partial charge in [0.1, 0.15) is 0 Å². The van der Waals surface area contributed by atoms with Crippen LogP contribution in [0.15, 0.2) is 12.3 Å². The second-order valence-corrected chi connectivity index (χ2v) is 3.39. The average molecular weight is 453 g/mol. The van der Waals surface area contributed by atoms with Crippen LogP contribution in [0, 0.1) is 5.92 Å². The molecule has 0 unspecified atom stereocenters. The molecule has 0 N–H and O–H groups in total. The Morgan fingerprint density at radius 2 is 1.81 bits per heavy atom. The lowest BCUT2D eigenvalue weighted by Gasteiger charge is -2.15. The largest absolute Gasteiger partial charge is 0.469 e. The van der Waals surface area contributed by atoms with E-state index in [-0.39, 0.29) is 18.2 Å². The maximum Gasteiger partial charge on any atom is 0.308 e. The first-order chi connectivity index (χ1) is 7.40. The van der Waals surface area contributed by atoms with Crippen molar-refractivity contribution in [1.82, 2.24) is 4.90 Å². The topological polar surface area (TPSA) is 46.6 Å². The highest BCUT2D eigenvalue weighted by molar-refractivity contribution is 15.0. The van der Waals surface area contributed by atoms with Crippen molar-refractivity contribution >= 4 is 49.0 Å². The summed E-state index contributed by atoms with van der Waals surface area (Å²) in [6.07, 6.45) is 0.143. The monoisotopic (exact) mass is 453 g/mol. The molecule has 0 saturated carbocycles. The lowest BCUT2D eigenvalue weighted by Crippen LogP contribution is -2.23. The Labute approximate surface area is 120 Å². The van der Waals surface area contributed by atoms with E-state index in [4.69, 9.17) is 0 Å². The molecular formula is C10H17I2NO3. The minimum Gasteiger partial charge on any atom is -0.469 e. The summed E-state index contributed by atoms with van der Waals surface area (Å²) in [5.41, 5.74) is 0.403. The number of ketones is 1. The van der Waals surface area contributed by atoms with E-state index >= 15 is 0 Å². The molecule has 0 rings (SSSR count). The molecular weight excluding hydrogens is 436 g/mol. The van der Waals surface area contributed by atoms with Gasteiger partial charge >= 0.3 is 5.97 Å². The SMILES string of the molecule is C=C(C(=O)C[C@H](C)C(=O)OC)N(C)C.II. The molecule has 1 atom stereocenters. The molecule has 0 aliphatic rings. The summed E-state index contributed by atoms with van der Waals surface area (Å²) >= 11 is 4.24. The fourth-order valence-electron chi connectivity index (χ4n) is 0.930. The van der Waals surface area contributed by atoms with Gasteiger partial charge in [-0.25, -0.2) is 0 Å². The van der Waals surface area contributed by atoms with Gasteiger partial charge in [-0.15, -0.1) is 0 Å². The Bertz CT molecular complexity index is 254. The van der Waals surface area contributed by atoms with Crippen molar-refractivity contribution in [3.05, 3.63) is 12.3 Å². The summed E-state index contributed by atoms with van der Waals surface area (Å²) in [4.78, 5) is 24.1. The third-order valence-corrected chi connectivity index (χ3v) is 1.96. The summed E-state index contributed by atoms with van der Waals surface area (Å²) in [6.45, 7) is 5.28. The number of ether oxygens (including phenoxy) is 1. The first-order valence-corrected chi connectivity index (χ1v) is 10.8. The summed E-state index contributed by atoms with van der Waals surface area (Å²) in [5.74, 6) is -0.915. The number of allylic oxidation sites excluding steroid dienone is 1. The fraction of sp³-hybridized carbons (Fsp3) is 0.600. The van der Waals surface area contributed by atoms with Crippen LogP contribution in [0.1, 0.15) is 13.3 Å². The molecule has 0 heterocycles. The summed E-state index contributed by atoms with van der Waals surface area (Å²) in [7, 11) is 4.79. The predicted octanol–water partition coefficient (Wildman–Crippen LogP) is 2.60. The van der Waals surface area contributed by atoms with Crippen LogP contribution in [0.25, 0.3) is 0 Å². The zero-order chi connectivity index (χ0) is 13.3. The van der Waals surface area contributed by atoms with E-state index in [9.17, 15) is 9.59 Å². The zero-order valence-electron chi connectivity index (χ0n) is 9.92. The van der Waals surface area contributed by atoms with E-state index in [0.29, 0.717) is 5.70 Å². The van der Waals surface area contributed by atoms with Gasteiger partial charge in [-0.3, -0.25) is 9.59 Å². The van der Waals surface area contributed by atoms with Crippen molar-refractivity contribution in [2.75, 3.05) is 21.2 Å². The molecule has 0 fully saturated rings. The van der Waals surface area contributed by atoms with Crippen LogP contribution in [-0.2, 0) is 14.3 Å². The average Bonchev–Trinajstić information content (AvgIpc) is 2.29. The van der Waals surface area contributed by atoms with Crippen molar-refractivity contribution in [2.24, 2.45) is 5.92 Å². The van der Waals surface area contributed by atoms with Crippen LogP contribution in [0.3, 0.4) is 0 Å². The predicted molar refractivity (Wildman–Crippen MR) is 81.7 cm³/mol. The summed E-state index contributed by atoms with van der Waals surface area (Å²) in [5, 5.41) is 0. The van der Waals surface area contributed by atoms with Gasteiger partial charge in [-0.2, -0.15) is 0 Å².